The van der Waals surface area contributed by atoms with E-state index in [-0.39, 0.29) is 12.4 Å². The van der Waals surface area contributed by atoms with E-state index in [9.17, 15) is 0 Å². The number of aromatic nitrogens is 2. The Kier molecular flexibility index (Phi) is 3.12. The van der Waals surface area contributed by atoms with E-state index in [2.05, 4.69) is 9.97 Å². The minimum absolute atomic E-state index is 0. The van der Waals surface area contributed by atoms with Gasteiger partial charge in [0.05, 0.1) is 5.69 Å². The lowest BCUT2D eigenvalue weighted by atomic mass is 10.5. The van der Waals surface area contributed by atoms with Gasteiger partial charge in [0.1, 0.15) is 0 Å². The first-order valence-electron chi connectivity index (χ1n) is 2.12. The Bertz CT molecular complexity index is 140. The van der Waals surface area contributed by atoms with Crippen molar-refractivity contribution < 1.29 is 0 Å². The first-order chi connectivity index (χ1) is 3.39. The third-order valence-corrected chi connectivity index (χ3v) is 0.692. The maximum Gasteiger partial charge on any atom is 0.0555 e. The molecule has 0 N–H and O–H groups in total. The van der Waals surface area contributed by atoms with Crippen molar-refractivity contribution in [2.45, 2.75) is 6.92 Å². The van der Waals surface area contributed by atoms with Gasteiger partial charge in [-0.15, -0.1) is 12.4 Å². The summed E-state index contributed by atoms with van der Waals surface area (Å²) >= 11 is 0. The Morgan fingerprint density at radius 3 is 2.38 bits per heavy atom. The molecule has 1 aromatic rings. The average Bonchev–Trinajstić information content (AvgIpc) is 1.69. The van der Waals surface area contributed by atoms with Crippen LogP contribution in [0.25, 0.3) is 0 Å². The third-order valence-electron chi connectivity index (χ3n) is 0.692. The van der Waals surface area contributed by atoms with Crippen LogP contribution in [0.2, 0.25) is 0 Å². The second-order valence-corrected chi connectivity index (χ2v) is 1.35. The Balaban J connectivity index is 0.000000490. The maximum atomic E-state index is 3.92. The van der Waals surface area contributed by atoms with Gasteiger partial charge in [0.2, 0.25) is 0 Å². The molecule has 1 aromatic heterocycles. The number of hydrogen-bond acceptors (Lipinski definition) is 2. The minimum atomic E-state index is 0. The third kappa shape index (κ3) is 1.89. The fourth-order valence-electron chi connectivity index (χ4n) is 0.374. The lowest BCUT2D eigenvalue weighted by Gasteiger charge is -1.81. The fraction of sp³-hybridized carbons (Fsp3) is 0.200. The highest BCUT2D eigenvalue weighted by molar-refractivity contribution is 5.85. The molecule has 1 heterocycles. The molecule has 44 valence electrons. The van der Waals surface area contributed by atoms with Gasteiger partial charge in [0, 0.05) is 18.6 Å². The molecule has 0 unspecified atom stereocenters. The molecule has 0 aromatic carbocycles. The van der Waals surface area contributed by atoms with Gasteiger partial charge in [-0.3, -0.25) is 9.97 Å². The van der Waals surface area contributed by atoms with Crippen LogP contribution in [0.4, 0.5) is 0 Å². The maximum absolute atomic E-state index is 3.92. The molecule has 0 radical (unpaired) electrons. The standard InChI is InChI=1S/C5H6N2.ClH/c1-5-4-6-2-3-7-5;/h2-4H,1H3;1H. The van der Waals surface area contributed by atoms with Crippen molar-refractivity contribution in [1.29, 1.82) is 0 Å². The van der Waals surface area contributed by atoms with E-state index in [1.807, 2.05) is 6.92 Å². The van der Waals surface area contributed by atoms with Crippen LogP contribution in [0.5, 0.6) is 0 Å². The Hall–Kier alpha value is -0.630. The topological polar surface area (TPSA) is 25.8 Å². The van der Waals surface area contributed by atoms with Crippen LogP contribution in [-0.4, -0.2) is 9.97 Å². The molecule has 0 aliphatic rings. The number of hydrogen-bond donors (Lipinski definition) is 0. The van der Waals surface area contributed by atoms with Gasteiger partial charge < -0.3 is 0 Å². The van der Waals surface area contributed by atoms with Crippen LogP contribution in [0, 0.1) is 6.92 Å². The summed E-state index contributed by atoms with van der Waals surface area (Å²) in [6, 6.07) is 0. The predicted molar refractivity (Wildman–Crippen MR) is 34.0 cm³/mol. The number of aryl methyl sites for hydroxylation is 1. The second-order valence-electron chi connectivity index (χ2n) is 1.35. The van der Waals surface area contributed by atoms with Gasteiger partial charge in [0.15, 0.2) is 0 Å². The molecule has 0 bridgehead atoms. The van der Waals surface area contributed by atoms with Crippen LogP contribution in [0.1, 0.15) is 5.69 Å². The number of halogens is 1. The molecule has 0 saturated heterocycles. The van der Waals surface area contributed by atoms with Gasteiger partial charge in [-0.05, 0) is 6.92 Å². The van der Waals surface area contributed by atoms with Crippen molar-refractivity contribution in [1.82, 2.24) is 9.97 Å². The Morgan fingerprint density at radius 2 is 2.12 bits per heavy atom. The summed E-state index contributed by atoms with van der Waals surface area (Å²) in [4.78, 5) is 7.74. The lowest BCUT2D eigenvalue weighted by molar-refractivity contribution is 1.12. The molecule has 0 atom stereocenters. The Morgan fingerprint density at radius 1 is 1.38 bits per heavy atom. The number of rotatable bonds is 0. The van der Waals surface area contributed by atoms with E-state index in [1.165, 1.54) is 0 Å². The molecule has 8 heavy (non-hydrogen) atoms. The molecule has 0 spiro atoms. The SMILES string of the molecule is Cc1cnccn1.Cl. The van der Waals surface area contributed by atoms with Crippen LogP contribution < -0.4 is 0 Å². The smallest absolute Gasteiger partial charge is 0.0555 e. The molecular formula is C5H7ClN2. The van der Waals surface area contributed by atoms with Crippen LogP contribution in [0.15, 0.2) is 18.6 Å². The zero-order valence-electron chi connectivity index (χ0n) is 4.53. The first kappa shape index (κ1) is 7.37. The predicted octanol–water partition coefficient (Wildman–Crippen LogP) is 1.21. The zero-order valence-corrected chi connectivity index (χ0v) is 5.35. The highest BCUT2D eigenvalue weighted by atomic mass is 35.5. The van der Waals surface area contributed by atoms with Gasteiger partial charge in [-0.25, -0.2) is 0 Å². The summed E-state index contributed by atoms with van der Waals surface area (Å²) < 4.78 is 0. The van der Waals surface area contributed by atoms with Gasteiger partial charge in [-0.2, -0.15) is 0 Å². The lowest BCUT2D eigenvalue weighted by Crippen LogP contribution is -1.77. The van der Waals surface area contributed by atoms with E-state index >= 15 is 0 Å². The van der Waals surface area contributed by atoms with E-state index in [4.69, 9.17) is 0 Å². The Labute approximate surface area is 54.4 Å². The quantitative estimate of drug-likeness (QED) is 0.528. The summed E-state index contributed by atoms with van der Waals surface area (Å²) in [5.74, 6) is 0. The fourth-order valence-corrected chi connectivity index (χ4v) is 0.374. The average molecular weight is 131 g/mol. The van der Waals surface area contributed by atoms with E-state index in [1.54, 1.807) is 18.6 Å². The number of nitrogens with zero attached hydrogens (tertiary/aromatic N) is 2. The minimum Gasteiger partial charge on any atom is -0.261 e. The van der Waals surface area contributed by atoms with Gasteiger partial charge in [-0.1, -0.05) is 0 Å². The molecule has 0 aliphatic carbocycles. The van der Waals surface area contributed by atoms with Crippen molar-refractivity contribution in [3.63, 3.8) is 0 Å². The van der Waals surface area contributed by atoms with Crippen molar-refractivity contribution >= 4 is 12.4 Å². The zero-order chi connectivity index (χ0) is 5.11. The second kappa shape index (κ2) is 3.38. The van der Waals surface area contributed by atoms with E-state index < -0.39 is 0 Å². The van der Waals surface area contributed by atoms with Crippen LogP contribution in [-0.2, 0) is 0 Å². The molecule has 0 fully saturated rings. The van der Waals surface area contributed by atoms with Crippen LogP contribution >= 0.6 is 12.4 Å². The molecule has 2 nitrogen and oxygen atoms in total. The molecular weight excluding hydrogens is 124 g/mol. The largest absolute Gasteiger partial charge is 0.261 e. The highest BCUT2D eigenvalue weighted by Crippen LogP contribution is 1.81. The summed E-state index contributed by atoms with van der Waals surface area (Å²) in [5, 5.41) is 0. The van der Waals surface area contributed by atoms with Crippen molar-refractivity contribution in [2.75, 3.05) is 0 Å². The highest BCUT2D eigenvalue weighted by Gasteiger charge is 1.74. The van der Waals surface area contributed by atoms with Gasteiger partial charge >= 0.3 is 0 Å². The van der Waals surface area contributed by atoms with Crippen molar-refractivity contribution in [3.05, 3.63) is 24.3 Å². The van der Waals surface area contributed by atoms with E-state index in [0.29, 0.717) is 0 Å². The summed E-state index contributed by atoms with van der Waals surface area (Å²) in [7, 11) is 0. The molecule has 3 heteroatoms. The molecule has 1 rings (SSSR count). The molecule has 0 aliphatic heterocycles. The summed E-state index contributed by atoms with van der Waals surface area (Å²) in [6.07, 6.45) is 5.06. The summed E-state index contributed by atoms with van der Waals surface area (Å²) in [5.41, 5.74) is 0.961. The molecule has 0 saturated carbocycles. The summed E-state index contributed by atoms with van der Waals surface area (Å²) in [6.45, 7) is 1.91. The van der Waals surface area contributed by atoms with Crippen molar-refractivity contribution in [2.24, 2.45) is 0 Å². The van der Waals surface area contributed by atoms with Gasteiger partial charge in [0.25, 0.3) is 0 Å². The monoisotopic (exact) mass is 130 g/mol. The first-order valence-corrected chi connectivity index (χ1v) is 2.12. The van der Waals surface area contributed by atoms with E-state index in [0.717, 1.165) is 5.69 Å². The normalized spacial score (nSPS) is 7.62. The van der Waals surface area contributed by atoms with Crippen LogP contribution in [0.3, 0.4) is 0 Å². The van der Waals surface area contributed by atoms with Crippen molar-refractivity contribution in [3.8, 4) is 0 Å². The molecule has 0 amide bonds.